The van der Waals surface area contributed by atoms with Gasteiger partial charge >= 0.3 is 0 Å². The summed E-state index contributed by atoms with van der Waals surface area (Å²) in [5.74, 6) is -1.47. The Balaban J connectivity index is 1.71. The Bertz CT molecular complexity index is 790. The number of nitrogens with one attached hydrogen (secondary N) is 1. The van der Waals surface area contributed by atoms with E-state index in [4.69, 9.17) is 0 Å². The molecule has 0 spiro atoms. The van der Waals surface area contributed by atoms with Crippen LogP contribution in [0.15, 0.2) is 24.3 Å². The Morgan fingerprint density at radius 2 is 2.21 bits per heavy atom. The molecule has 126 valence electrons. The van der Waals surface area contributed by atoms with Crippen LogP contribution < -0.4 is 10.2 Å². The molecular formula is C17H18FN3O2S. The minimum Gasteiger partial charge on any atom is -0.309 e. The molecule has 0 saturated carbocycles. The third kappa shape index (κ3) is 3.17. The highest BCUT2D eigenvalue weighted by atomic mass is 32.1. The van der Waals surface area contributed by atoms with E-state index in [2.05, 4.69) is 10.3 Å². The maximum absolute atomic E-state index is 13.9. The number of nitrogens with zero attached hydrogens (tertiary/aromatic N) is 2. The molecule has 0 aliphatic carbocycles. The fraction of sp³-hybridized carbons (Fsp3) is 0.353. The van der Waals surface area contributed by atoms with Crippen LogP contribution in [0.5, 0.6) is 0 Å². The minimum absolute atomic E-state index is 0.0746. The average Bonchev–Trinajstić information content (AvgIpc) is 3.10. The van der Waals surface area contributed by atoms with Crippen LogP contribution in [0.4, 0.5) is 15.2 Å². The first-order valence-electron chi connectivity index (χ1n) is 7.81. The Kier molecular flexibility index (Phi) is 4.62. The highest BCUT2D eigenvalue weighted by molar-refractivity contribution is 7.15. The van der Waals surface area contributed by atoms with Gasteiger partial charge in [-0.25, -0.2) is 9.37 Å². The molecule has 5 nitrogen and oxygen atoms in total. The van der Waals surface area contributed by atoms with Gasteiger partial charge in [-0.3, -0.25) is 9.59 Å². The van der Waals surface area contributed by atoms with Crippen LogP contribution in [0.3, 0.4) is 0 Å². The van der Waals surface area contributed by atoms with Crippen molar-refractivity contribution in [2.75, 3.05) is 16.8 Å². The molecular weight excluding hydrogens is 329 g/mol. The number of para-hydroxylation sites is 1. The highest BCUT2D eigenvalue weighted by Crippen LogP contribution is 2.29. The molecule has 0 radical (unpaired) electrons. The summed E-state index contributed by atoms with van der Waals surface area (Å²) in [6.07, 6.45) is 0.881. The van der Waals surface area contributed by atoms with Crippen molar-refractivity contribution < 1.29 is 14.0 Å². The summed E-state index contributed by atoms with van der Waals surface area (Å²) in [4.78, 5) is 31.4. The lowest BCUT2D eigenvalue weighted by atomic mass is 10.1. The molecule has 3 rings (SSSR count). The molecule has 1 N–H and O–H groups in total. The van der Waals surface area contributed by atoms with E-state index >= 15 is 0 Å². The van der Waals surface area contributed by atoms with Crippen LogP contribution in [0.1, 0.15) is 23.9 Å². The van der Waals surface area contributed by atoms with E-state index < -0.39 is 11.7 Å². The predicted octanol–water partition coefficient (Wildman–Crippen LogP) is 3.14. The Labute approximate surface area is 143 Å². The molecule has 2 aromatic rings. The predicted molar refractivity (Wildman–Crippen MR) is 91.7 cm³/mol. The van der Waals surface area contributed by atoms with Crippen molar-refractivity contribution in [2.24, 2.45) is 5.92 Å². The van der Waals surface area contributed by atoms with E-state index in [0.717, 1.165) is 17.0 Å². The second-order valence-corrected chi connectivity index (χ2v) is 6.92. The zero-order valence-electron chi connectivity index (χ0n) is 13.5. The smallest absolute Gasteiger partial charge is 0.231 e. The van der Waals surface area contributed by atoms with Gasteiger partial charge in [-0.05, 0) is 25.5 Å². The molecule has 7 heteroatoms. The van der Waals surface area contributed by atoms with Crippen molar-refractivity contribution in [2.45, 2.75) is 26.7 Å². The van der Waals surface area contributed by atoms with Gasteiger partial charge in [-0.2, -0.15) is 0 Å². The molecule has 1 aliphatic heterocycles. The minimum atomic E-state index is -0.508. The summed E-state index contributed by atoms with van der Waals surface area (Å²) in [6.45, 7) is 4.15. The number of aryl methyl sites for hydroxylation is 2. The van der Waals surface area contributed by atoms with Crippen LogP contribution >= 0.6 is 11.3 Å². The van der Waals surface area contributed by atoms with Gasteiger partial charge in [0, 0.05) is 17.8 Å². The van der Waals surface area contributed by atoms with E-state index in [9.17, 15) is 14.0 Å². The van der Waals surface area contributed by atoms with Gasteiger partial charge < -0.3 is 10.2 Å². The van der Waals surface area contributed by atoms with Crippen molar-refractivity contribution in [3.63, 3.8) is 0 Å². The van der Waals surface area contributed by atoms with E-state index in [1.54, 1.807) is 18.2 Å². The topological polar surface area (TPSA) is 62.3 Å². The normalized spacial score (nSPS) is 17.4. The Morgan fingerprint density at radius 1 is 1.46 bits per heavy atom. The number of rotatable bonds is 4. The molecule has 2 amide bonds. The maximum atomic E-state index is 13.9. The zero-order valence-corrected chi connectivity index (χ0v) is 14.3. The highest BCUT2D eigenvalue weighted by Gasteiger charge is 2.36. The number of hydrogen-bond acceptors (Lipinski definition) is 4. The van der Waals surface area contributed by atoms with Crippen LogP contribution in [-0.4, -0.2) is 23.3 Å². The molecule has 1 saturated heterocycles. The third-order valence-electron chi connectivity index (χ3n) is 4.10. The van der Waals surface area contributed by atoms with Gasteiger partial charge in [-0.15, -0.1) is 11.3 Å². The maximum Gasteiger partial charge on any atom is 0.231 e. The number of amides is 2. The van der Waals surface area contributed by atoms with Crippen LogP contribution in [-0.2, 0) is 16.0 Å². The summed E-state index contributed by atoms with van der Waals surface area (Å²) < 4.78 is 13.9. The number of thiazole rings is 1. The number of aromatic nitrogens is 1. The molecule has 2 heterocycles. The summed E-state index contributed by atoms with van der Waals surface area (Å²) in [6, 6.07) is 6.09. The number of hydrogen-bond donors (Lipinski definition) is 1. The molecule has 1 fully saturated rings. The van der Waals surface area contributed by atoms with E-state index in [1.165, 1.54) is 22.3 Å². The number of carbonyl (C=O) groups excluding carboxylic acids is 2. The van der Waals surface area contributed by atoms with Gasteiger partial charge in [0.1, 0.15) is 5.82 Å². The van der Waals surface area contributed by atoms with Crippen molar-refractivity contribution in [1.82, 2.24) is 4.98 Å². The Morgan fingerprint density at radius 3 is 2.88 bits per heavy atom. The van der Waals surface area contributed by atoms with E-state index in [-0.39, 0.29) is 30.5 Å². The van der Waals surface area contributed by atoms with Crippen molar-refractivity contribution >= 4 is 34.0 Å². The number of halogens is 1. The van der Waals surface area contributed by atoms with Gasteiger partial charge in [0.25, 0.3) is 0 Å². The molecule has 1 atom stereocenters. The molecule has 0 bridgehead atoms. The number of anilines is 2. The van der Waals surface area contributed by atoms with E-state index in [1.807, 2.05) is 13.8 Å². The lowest BCUT2D eigenvalue weighted by Gasteiger charge is -2.17. The third-order valence-corrected chi connectivity index (χ3v) is 5.03. The molecule has 1 aromatic heterocycles. The first-order chi connectivity index (χ1) is 11.5. The quantitative estimate of drug-likeness (QED) is 0.924. The lowest BCUT2D eigenvalue weighted by molar-refractivity contribution is -0.122. The van der Waals surface area contributed by atoms with Gasteiger partial charge in [0.15, 0.2) is 5.13 Å². The van der Waals surface area contributed by atoms with Crippen molar-refractivity contribution in [3.8, 4) is 0 Å². The van der Waals surface area contributed by atoms with Crippen LogP contribution in [0.25, 0.3) is 0 Å². The zero-order chi connectivity index (χ0) is 17.3. The first kappa shape index (κ1) is 16.6. The average molecular weight is 347 g/mol. The summed E-state index contributed by atoms with van der Waals surface area (Å²) in [7, 11) is 0. The summed E-state index contributed by atoms with van der Waals surface area (Å²) in [5.41, 5.74) is 1.18. The Hall–Kier alpha value is -2.28. The number of carbonyl (C=O) groups is 2. The van der Waals surface area contributed by atoms with E-state index in [0.29, 0.717) is 5.13 Å². The van der Waals surface area contributed by atoms with Crippen LogP contribution in [0.2, 0.25) is 0 Å². The van der Waals surface area contributed by atoms with Crippen molar-refractivity contribution in [1.29, 1.82) is 0 Å². The molecule has 24 heavy (non-hydrogen) atoms. The molecule has 1 unspecified atom stereocenters. The monoisotopic (exact) mass is 347 g/mol. The second-order valence-electron chi connectivity index (χ2n) is 5.72. The van der Waals surface area contributed by atoms with Crippen LogP contribution in [0, 0.1) is 18.7 Å². The fourth-order valence-corrected chi connectivity index (χ4v) is 3.71. The fourth-order valence-electron chi connectivity index (χ4n) is 2.80. The van der Waals surface area contributed by atoms with Gasteiger partial charge in [0.05, 0.1) is 17.3 Å². The first-order valence-corrected chi connectivity index (χ1v) is 8.63. The number of benzene rings is 1. The van der Waals surface area contributed by atoms with Gasteiger partial charge in [0.2, 0.25) is 11.8 Å². The standard InChI is InChI=1S/C17H18FN3O2S/c1-3-13-10(2)24-17(19-13)20-16(23)11-8-15(22)21(9-11)14-7-5-4-6-12(14)18/h4-7,11H,3,8-9H2,1-2H3,(H,19,20,23). The summed E-state index contributed by atoms with van der Waals surface area (Å²) >= 11 is 1.42. The second kappa shape index (κ2) is 6.68. The molecule has 1 aromatic carbocycles. The van der Waals surface area contributed by atoms with Gasteiger partial charge in [-0.1, -0.05) is 19.1 Å². The molecule has 1 aliphatic rings. The lowest BCUT2D eigenvalue weighted by Crippen LogP contribution is -2.28. The van der Waals surface area contributed by atoms with Crippen molar-refractivity contribution in [3.05, 3.63) is 40.7 Å². The largest absolute Gasteiger partial charge is 0.309 e. The summed E-state index contributed by atoms with van der Waals surface area (Å²) in [5, 5.41) is 3.33. The SMILES string of the molecule is CCc1nc(NC(=O)C2CC(=O)N(c3ccccc3F)C2)sc1C.